The van der Waals surface area contributed by atoms with Crippen LogP contribution in [0.15, 0.2) is 42.7 Å². The molecule has 1 aliphatic heterocycles. The van der Waals surface area contributed by atoms with E-state index in [1.54, 1.807) is 36.7 Å². The number of nitrogens with one attached hydrogen (secondary N) is 2. The third-order valence-electron chi connectivity index (χ3n) is 3.37. The van der Waals surface area contributed by atoms with Crippen molar-refractivity contribution in [3.8, 4) is 0 Å². The third kappa shape index (κ3) is 2.14. The minimum atomic E-state index is -0.204. The highest BCUT2D eigenvalue weighted by Gasteiger charge is 2.26. The van der Waals surface area contributed by atoms with Crippen LogP contribution in [-0.4, -0.2) is 16.8 Å². The van der Waals surface area contributed by atoms with Gasteiger partial charge < -0.3 is 10.6 Å². The van der Waals surface area contributed by atoms with Crippen LogP contribution >= 0.6 is 0 Å². The molecule has 0 saturated carbocycles. The Morgan fingerprint density at radius 3 is 2.75 bits per heavy atom. The van der Waals surface area contributed by atoms with Crippen molar-refractivity contribution in [2.24, 2.45) is 0 Å². The van der Waals surface area contributed by atoms with Crippen molar-refractivity contribution >= 4 is 23.2 Å². The van der Waals surface area contributed by atoms with Gasteiger partial charge in [-0.2, -0.15) is 0 Å². The Labute approximate surface area is 116 Å². The zero-order valence-electron chi connectivity index (χ0n) is 10.9. The summed E-state index contributed by atoms with van der Waals surface area (Å²) in [5.41, 5.74) is 2.91. The van der Waals surface area contributed by atoms with Crippen molar-refractivity contribution in [2.45, 2.75) is 12.8 Å². The maximum absolute atomic E-state index is 12.0. The Kier molecular flexibility index (Phi) is 2.95. The quantitative estimate of drug-likeness (QED) is 0.877. The largest absolute Gasteiger partial charge is 0.325 e. The lowest BCUT2D eigenvalue weighted by Crippen LogP contribution is -2.11. The van der Waals surface area contributed by atoms with E-state index in [1.165, 1.54) is 0 Å². The molecule has 2 aromatic rings. The van der Waals surface area contributed by atoms with Gasteiger partial charge in [-0.15, -0.1) is 0 Å². The van der Waals surface area contributed by atoms with E-state index in [0.29, 0.717) is 11.3 Å². The SMILES string of the molecule is CC1C(=O)Nc2cc(NC(=O)c3ccncc3)ccc21. The molecule has 1 atom stereocenters. The van der Waals surface area contributed by atoms with Gasteiger partial charge in [-0.1, -0.05) is 6.07 Å². The zero-order valence-corrected chi connectivity index (χ0v) is 10.9. The second-order valence-electron chi connectivity index (χ2n) is 4.70. The van der Waals surface area contributed by atoms with Crippen molar-refractivity contribution < 1.29 is 9.59 Å². The Balaban J connectivity index is 1.82. The molecule has 1 aromatic heterocycles. The van der Waals surface area contributed by atoms with E-state index in [9.17, 15) is 9.59 Å². The van der Waals surface area contributed by atoms with Crippen LogP contribution in [0.2, 0.25) is 0 Å². The standard InChI is InChI=1S/C15H13N3O2/c1-9-12-3-2-11(8-13(12)18-14(9)19)17-15(20)10-4-6-16-7-5-10/h2-9H,1H3,(H,17,20)(H,18,19). The fraction of sp³-hybridized carbons (Fsp3) is 0.133. The van der Waals surface area contributed by atoms with Gasteiger partial charge in [0.1, 0.15) is 0 Å². The minimum absolute atomic E-state index is 0.0161. The van der Waals surface area contributed by atoms with Crippen LogP contribution in [0.5, 0.6) is 0 Å². The number of rotatable bonds is 2. The summed E-state index contributed by atoms with van der Waals surface area (Å²) in [6.07, 6.45) is 3.14. The van der Waals surface area contributed by atoms with Crippen LogP contribution in [0.4, 0.5) is 11.4 Å². The fourth-order valence-corrected chi connectivity index (χ4v) is 2.21. The summed E-state index contributed by atoms with van der Waals surface area (Å²) < 4.78 is 0. The monoisotopic (exact) mass is 267 g/mol. The lowest BCUT2D eigenvalue weighted by atomic mass is 10.0. The van der Waals surface area contributed by atoms with E-state index in [4.69, 9.17) is 0 Å². The number of benzene rings is 1. The van der Waals surface area contributed by atoms with Gasteiger partial charge in [0.25, 0.3) is 5.91 Å². The fourth-order valence-electron chi connectivity index (χ4n) is 2.21. The highest BCUT2D eigenvalue weighted by atomic mass is 16.2. The van der Waals surface area contributed by atoms with E-state index in [-0.39, 0.29) is 17.7 Å². The van der Waals surface area contributed by atoms with Gasteiger partial charge in [-0.3, -0.25) is 14.6 Å². The average Bonchev–Trinajstić information content (AvgIpc) is 2.74. The average molecular weight is 267 g/mol. The van der Waals surface area contributed by atoms with Gasteiger partial charge in [-0.05, 0) is 36.8 Å². The Bertz CT molecular complexity index is 683. The smallest absolute Gasteiger partial charge is 0.255 e. The maximum Gasteiger partial charge on any atom is 0.255 e. The molecule has 0 saturated heterocycles. The van der Waals surface area contributed by atoms with Crippen LogP contribution in [0.1, 0.15) is 28.8 Å². The van der Waals surface area contributed by atoms with Crippen LogP contribution in [0, 0.1) is 0 Å². The van der Waals surface area contributed by atoms with Crippen LogP contribution in [-0.2, 0) is 4.79 Å². The topological polar surface area (TPSA) is 71.1 Å². The molecule has 2 amide bonds. The van der Waals surface area contributed by atoms with Crippen molar-refractivity contribution in [1.29, 1.82) is 0 Å². The molecule has 0 aliphatic carbocycles. The van der Waals surface area contributed by atoms with Crippen LogP contribution < -0.4 is 10.6 Å². The Hall–Kier alpha value is -2.69. The summed E-state index contributed by atoms with van der Waals surface area (Å²) in [6, 6.07) is 8.73. The number of anilines is 2. The number of aromatic nitrogens is 1. The first kappa shape index (κ1) is 12.3. The van der Waals surface area contributed by atoms with E-state index in [0.717, 1.165) is 11.3 Å². The van der Waals surface area contributed by atoms with Crippen molar-refractivity contribution in [3.05, 3.63) is 53.9 Å². The Morgan fingerprint density at radius 1 is 1.25 bits per heavy atom. The summed E-state index contributed by atoms with van der Waals surface area (Å²) in [5.74, 6) is -0.364. The highest BCUT2D eigenvalue weighted by molar-refractivity contribution is 6.06. The molecule has 1 unspecified atom stereocenters. The number of carbonyl (C=O) groups is 2. The van der Waals surface area contributed by atoms with Crippen LogP contribution in [0.3, 0.4) is 0 Å². The van der Waals surface area contributed by atoms with Crippen molar-refractivity contribution in [2.75, 3.05) is 10.6 Å². The van der Waals surface area contributed by atoms with E-state index >= 15 is 0 Å². The molecular weight excluding hydrogens is 254 g/mol. The summed E-state index contributed by atoms with van der Waals surface area (Å²) in [6.45, 7) is 1.86. The molecule has 0 bridgehead atoms. The first-order valence-corrected chi connectivity index (χ1v) is 6.31. The number of nitrogens with zero attached hydrogens (tertiary/aromatic N) is 1. The molecule has 0 spiro atoms. The number of hydrogen-bond donors (Lipinski definition) is 2. The van der Waals surface area contributed by atoms with Gasteiger partial charge in [0.15, 0.2) is 0 Å². The van der Waals surface area contributed by atoms with Crippen LogP contribution in [0.25, 0.3) is 0 Å². The normalized spacial score (nSPS) is 16.4. The zero-order chi connectivity index (χ0) is 14.1. The van der Waals surface area contributed by atoms with Gasteiger partial charge in [0, 0.05) is 29.3 Å². The molecular formula is C15H13N3O2. The summed E-state index contributed by atoms with van der Waals surface area (Å²) >= 11 is 0. The molecule has 20 heavy (non-hydrogen) atoms. The molecule has 0 fully saturated rings. The van der Waals surface area contributed by atoms with Gasteiger partial charge in [-0.25, -0.2) is 0 Å². The van der Waals surface area contributed by atoms with Crippen molar-refractivity contribution in [1.82, 2.24) is 4.98 Å². The number of amides is 2. The van der Waals surface area contributed by atoms with Gasteiger partial charge in [0.05, 0.1) is 5.92 Å². The first-order chi connectivity index (χ1) is 9.65. The second kappa shape index (κ2) is 4.77. The highest BCUT2D eigenvalue weighted by Crippen LogP contribution is 2.34. The lowest BCUT2D eigenvalue weighted by molar-refractivity contribution is -0.116. The molecule has 3 rings (SSSR count). The van der Waals surface area contributed by atoms with Gasteiger partial charge >= 0.3 is 0 Å². The predicted molar refractivity (Wildman–Crippen MR) is 75.7 cm³/mol. The summed E-state index contributed by atoms with van der Waals surface area (Å²) in [5, 5.41) is 5.60. The number of pyridine rings is 1. The predicted octanol–water partition coefficient (Wildman–Crippen LogP) is 2.39. The lowest BCUT2D eigenvalue weighted by Gasteiger charge is -2.07. The molecule has 100 valence electrons. The summed E-state index contributed by atoms with van der Waals surface area (Å²) in [4.78, 5) is 27.5. The number of fused-ring (bicyclic) bond motifs is 1. The molecule has 5 heteroatoms. The van der Waals surface area contributed by atoms with E-state index in [1.807, 2.05) is 13.0 Å². The molecule has 2 N–H and O–H groups in total. The number of carbonyl (C=O) groups excluding carboxylic acids is 2. The maximum atomic E-state index is 12.0. The second-order valence-corrected chi connectivity index (χ2v) is 4.70. The third-order valence-corrected chi connectivity index (χ3v) is 3.37. The molecule has 1 aromatic carbocycles. The first-order valence-electron chi connectivity index (χ1n) is 6.31. The Morgan fingerprint density at radius 2 is 2.00 bits per heavy atom. The molecule has 1 aliphatic rings. The summed E-state index contributed by atoms with van der Waals surface area (Å²) in [7, 11) is 0. The van der Waals surface area contributed by atoms with Gasteiger partial charge in [0.2, 0.25) is 5.91 Å². The minimum Gasteiger partial charge on any atom is -0.325 e. The van der Waals surface area contributed by atoms with E-state index < -0.39 is 0 Å². The van der Waals surface area contributed by atoms with Crippen molar-refractivity contribution in [3.63, 3.8) is 0 Å². The van der Waals surface area contributed by atoms with E-state index in [2.05, 4.69) is 15.6 Å². The molecule has 2 heterocycles. The molecule has 5 nitrogen and oxygen atoms in total. The number of hydrogen-bond acceptors (Lipinski definition) is 3. The molecule has 0 radical (unpaired) electrons.